The standard InChI is InChI=1S/C21H30N4OS/c1-22(2)19-8-6-18(7-9-19)15-23(3)21(26)17-25-12-10-24(11-13-25)16-20-5-4-14-27-20/h4-9,14H,10-13,15-17H2,1-3H3/p+2. The Hall–Kier alpha value is -1.89. The number of quaternary nitrogens is 2. The third-order valence-corrected chi connectivity index (χ3v) is 6.24. The Morgan fingerprint density at radius 1 is 1.00 bits per heavy atom. The van der Waals surface area contributed by atoms with Crippen molar-refractivity contribution in [2.75, 3.05) is 58.8 Å². The minimum absolute atomic E-state index is 0.239. The second-order valence-electron chi connectivity index (χ2n) is 7.74. The Balaban J connectivity index is 1.42. The van der Waals surface area contributed by atoms with E-state index < -0.39 is 0 Å². The average molecular weight is 389 g/mol. The molecule has 0 aliphatic carbocycles. The summed E-state index contributed by atoms with van der Waals surface area (Å²) in [5.41, 5.74) is 2.36. The normalized spacial score (nSPS) is 19.7. The van der Waals surface area contributed by atoms with Crippen molar-refractivity contribution in [2.24, 2.45) is 0 Å². The van der Waals surface area contributed by atoms with E-state index in [0.29, 0.717) is 13.1 Å². The van der Waals surface area contributed by atoms with Gasteiger partial charge in [-0.2, -0.15) is 0 Å². The maximum Gasteiger partial charge on any atom is 0.277 e. The van der Waals surface area contributed by atoms with Crippen molar-refractivity contribution < 1.29 is 14.6 Å². The third kappa shape index (κ3) is 5.79. The summed E-state index contributed by atoms with van der Waals surface area (Å²) in [5.74, 6) is 0.239. The highest BCUT2D eigenvalue weighted by Crippen LogP contribution is 2.13. The molecule has 0 radical (unpaired) electrons. The highest BCUT2D eigenvalue weighted by Gasteiger charge is 2.26. The fraction of sp³-hybridized carbons (Fsp3) is 0.476. The lowest BCUT2D eigenvalue weighted by atomic mass is 10.2. The number of nitrogens with one attached hydrogen (secondary N) is 2. The first-order valence-corrected chi connectivity index (χ1v) is 10.6. The van der Waals surface area contributed by atoms with E-state index in [0.717, 1.165) is 32.7 Å². The van der Waals surface area contributed by atoms with Crippen LogP contribution >= 0.6 is 11.3 Å². The number of carbonyl (C=O) groups is 1. The molecule has 2 aromatic rings. The van der Waals surface area contributed by atoms with E-state index in [1.807, 2.05) is 37.4 Å². The first kappa shape index (κ1) is 19.9. The molecule has 1 amide bonds. The number of likely N-dealkylation sites (N-methyl/N-ethyl adjacent to an activating group) is 1. The minimum atomic E-state index is 0.239. The summed E-state index contributed by atoms with van der Waals surface area (Å²) in [6.45, 7) is 6.87. The third-order valence-electron chi connectivity index (χ3n) is 5.37. The van der Waals surface area contributed by atoms with Gasteiger partial charge in [-0.1, -0.05) is 18.2 Å². The van der Waals surface area contributed by atoms with Gasteiger partial charge in [-0.05, 0) is 29.1 Å². The van der Waals surface area contributed by atoms with E-state index >= 15 is 0 Å². The number of carbonyl (C=O) groups excluding carboxylic acids is 1. The molecule has 0 bridgehead atoms. The first-order valence-electron chi connectivity index (χ1n) is 9.71. The van der Waals surface area contributed by atoms with Crippen LogP contribution in [0.25, 0.3) is 0 Å². The summed E-state index contributed by atoms with van der Waals surface area (Å²) in [6, 6.07) is 12.8. The van der Waals surface area contributed by atoms with Gasteiger partial charge in [0.1, 0.15) is 32.7 Å². The Morgan fingerprint density at radius 3 is 2.26 bits per heavy atom. The molecule has 1 saturated heterocycles. The number of benzene rings is 1. The van der Waals surface area contributed by atoms with Crippen LogP contribution in [-0.4, -0.2) is 64.7 Å². The van der Waals surface area contributed by atoms with Gasteiger partial charge in [0.25, 0.3) is 5.91 Å². The number of rotatable bonds is 7. The fourth-order valence-electron chi connectivity index (χ4n) is 3.58. The van der Waals surface area contributed by atoms with E-state index in [4.69, 9.17) is 0 Å². The molecule has 27 heavy (non-hydrogen) atoms. The molecule has 2 N–H and O–H groups in total. The van der Waals surface area contributed by atoms with E-state index in [1.165, 1.54) is 21.0 Å². The SMILES string of the molecule is CN(Cc1ccc(N(C)C)cc1)C(=O)C[NH+]1CC[NH+](Cc2cccs2)CC1. The predicted molar refractivity (Wildman–Crippen MR) is 112 cm³/mol. The van der Waals surface area contributed by atoms with Crippen molar-refractivity contribution in [2.45, 2.75) is 13.1 Å². The van der Waals surface area contributed by atoms with Gasteiger partial charge in [0.2, 0.25) is 0 Å². The van der Waals surface area contributed by atoms with Crippen LogP contribution in [0.3, 0.4) is 0 Å². The summed E-state index contributed by atoms with van der Waals surface area (Å²) in [4.78, 5) is 21.1. The molecule has 1 aliphatic rings. The van der Waals surface area contributed by atoms with Crippen LogP contribution in [0.15, 0.2) is 41.8 Å². The molecule has 3 rings (SSSR count). The van der Waals surface area contributed by atoms with Gasteiger partial charge in [-0.3, -0.25) is 4.79 Å². The number of hydrogen-bond donors (Lipinski definition) is 2. The fourth-order valence-corrected chi connectivity index (χ4v) is 4.36. The molecule has 0 atom stereocenters. The van der Waals surface area contributed by atoms with Gasteiger partial charge in [-0.15, -0.1) is 11.3 Å². The zero-order valence-electron chi connectivity index (χ0n) is 16.7. The maximum atomic E-state index is 12.6. The van der Waals surface area contributed by atoms with Gasteiger partial charge in [-0.25, -0.2) is 0 Å². The lowest BCUT2D eigenvalue weighted by Crippen LogP contribution is -3.28. The quantitative estimate of drug-likeness (QED) is 0.686. The van der Waals surface area contributed by atoms with Gasteiger partial charge < -0.3 is 19.6 Å². The van der Waals surface area contributed by atoms with Gasteiger partial charge in [0.05, 0.1) is 4.88 Å². The molecule has 1 aromatic carbocycles. The first-order chi connectivity index (χ1) is 13.0. The Morgan fingerprint density at radius 2 is 1.67 bits per heavy atom. The highest BCUT2D eigenvalue weighted by atomic mass is 32.1. The van der Waals surface area contributed by atoms with Crippen LogP contribution < -0.4 is 14.7 Å². The topological polar surface area (TPSA) is 32.4 Å². The van der Waals surface area contributed by atoms with Crippen LogP contribution in [0, 0.1) is 0 Å². The Kier molecular flexibility index (Phi) is 6.88. The predicted octanol–water partition coefficient (Wildman–Crippen LogP) is -0.244. The Labute approximate surface area is 166 Å². The average Bonchev–Trinajstić information content (AvgIpc) is 3.16. The molecule has 6 heteroatoms. The van der Waals surface area contributed by atoms with E-state index in [1.54, 1.807) is 4.90 Å². The smallest absolute Gasteiger partial charge is 0.277 e. The molecule has 2 heterocycles. The summed E-state index contributed by atoms with van der Waals surface area (Å²) >= 11 is 1.84. The lowest BCUT2D eigenvalue weighted by molar-refractivity contribution is -1.02. The Bertz CT molecular complexity index is 706. The summed E-state index contributed by atoms with van der Waals surface area (Å²) < 4.78 is 0. The molecule has 0 unspecified atom stereocenters. The molecule has 5 nitrogen and oxygen atoms in total. The number of nitrogens with zero attached hydrogens (tertiary/aromatic N) is 2. The molecular formula is C21H32N4OS+2. The highest BCUT2D eigenvalue weighted by molar-refractivity contribution is 7.09. The molecule has 0 spiro atoms. The van der Waals surface area contributed by atoms with Crippen LogP contribution in [0.5, 0.6) is 0 Å². The van der Waals surface area contributed by atoms with E-state index in [-0.39, 0.29) is 5.91 Å². The van der Waals surface area contributed by atoms with Crippen molar-refractivity contribution in [3.63, 3.8) is 0 Å². The number of anilines is 1. The summed E-state index contributed by atoms with van der Waals surface area (Å²) in [5, 5.41) is 2.15. The second-order valence-corrected chi connectivity index (χ2v) is 8.78. The van der Waals surface area contributed by atoms with E-state index in [9.17, 15) is 4.79 Å². The number of piperazine rings is 1. The van der Waals surface area contributed by atoms with Crippen molar-refractivity contribution >= 4 is 22.9 Å². The minimum Gasteiger partial charge on any atom is -0.378 e. The van der Waals surface area contributed by atoms with Gasteiger partial charge >= 0.3 is 0 Å². The molecule has 0 saturated carbocycles. The molecular weight excluding hydrogens is 356 g/mol. The lowest BCUT2D eigenvalue weighted by Gasteiger charge is -2.30. The maximum absolute atomic E-state index is 12.6. The largest absolute Gasteiger partial charge is 0.378 e. The van der Waals surface area contributed by atoms with Gasteiger partial charge in [0, 0.05) is 33.4 Å². The van der Waals surface area contributed by atoms with Crippen LogP contribution in [0.2, 0.25) is 0 Å². The van der Waals surface area contributed by atoms with Crippen molar-refractivity contribution in [1.29, 1.82) is 0 Å². The number of amides is 1. The summed E-state index contributed by atoms with van der Waals surface area (Å²) in [6.07, 6.45) is 0. The van der Waals surface area contributed by atoms with Crippen molar-refractivity contribution in [3.05, 3.63) is 52.2 Å². The molecule has 146 valence electrons. The van der Waals surface area contributed by atoms with Crippen LogP contribution in [0.4, 0.5) is 5.69 Å². The molecule has 1 aromatic heterocycles. The molecule has 1 fully saturated rings. The van der Waals surface area contributed by atoms with Crippen molar-refractivity contribution in [1.82, 2.24) is 4.90 Å². The van der Waals surface area contributed by atoms with Crippen LogP contribution in [0.1, 0.15) is 10.4 Å². The van der Waals surface area contributed by atoms with Crippen LogP contribution in [-0.2, 0) is 17.9 Å². The second kappa shape index (κ2) is 9.35. The summed E-state index contributed by atoms with van der Waals surface area (Å²) in [7, 11) is 5.99. The number of thiophene rings is 1. The zero-order chi connectivity index (χ0) is 19.2. The zero-order valence-corrected chi connectivity index (χ0v) is 17.5. The van der Waals surface area contributed by atoms with Crippen molar-refractivity contribution in [3.8, 4) is 0 Å². The molecule has 1 aliphatic heterocycles. The van der Waals surface area contributed by atoms with E-state index in [2.05, 4.69) is 46.7 Å². The monoisotopic (exact) mass is 388 g/mol. The van der Waals surface area contributed by atoms with Gasteiger partial charge in [0.15, 0.2) is 6.54 Å². The number of hydrogen-bond acceptors (Lipinski definition) is 3.